The molecule has 0 radical (unpaired) electrons. The highest BCUT2D eigenvalue weighted by Crippen LogP contribution is 2.09. The van der Waals surface area contributed by atoms with Gasteiger partial charge in [0.25, 0.3) is 0 Å². The maximum absolute atomic E-state index is 5.81. The molecule has 1 atom stereocenters. The number of benzene rings is 1. The van der Waals surface area contributed by atoms with Crippen LogP contribution in [0, 0.1) is 0 Å². The Labute approximate surface area is 102 Å². The molecule has 15 heavy (non-hydrogen) atoms. The van der Waals surface area contributed by atoms with Crippen LogP contribution in [0.5, 0.6) is 0 Å². The zero-order valence-electron chi connectivity index (χ0n) is 8.50. The minimum atomic E-state index is 0. The van der Waals surface area contributed by atoms with E-state index in [0.29, 0.717) is 6.04 Å². The molecule has 0 aromatic heterocycles. The Morgan fingerprint density at radius 1 is 1.33 bits per heavy atom. The van der Waals surface area contributed by atoms with Gasteiger partial charge in [-0.1, -0.05) is 23.7 Å². The maximum Gasteiger partial charge on any atom is 0.0406 e. The lowest BCUT2D eigenvalue weighted by Crippen LogP contribution is -2.30. The van der Waals surface area contributed by atoms with Crippen LogP contribution >= 0.6 is 24.0 Å². The van der Waals surface area contributed by atoms with Crippen molar-refractivity contribution < 1.29 is 0 Å². The van der Waals surface area contributed by atoms with Gasteiger partial charge in [0.2, 0.25) is 0 Å². The van der Waals surface area contributed by atoms with Crippen LogP contribution < -0.4 is 10.6 Å². The van der Waals surface area contributed by atoms with E-state index in [4.69, 9.17) is 11.6 Å². The molecule has 1 aromatic carbocycles. The lowest BCUT2D eigenvalue weighted by Gasteiger charge is -2.10. The van der Waals surface area contributed by atoms with E-state index >= 15 is 0 Å². The highest BCUT2D eigenvalue weighted by Gasteiger charge is 2.12. The molecule has 1 fully saturated rings. The molecule has 0 saturated carbocycles. The predicted molar refractivity (Wildman–Crippen MR) is 66.8 cm³/mol. The minimum absolute atomic E-state index is 0. The van der Waals surface area contributed by atoms with E-state index in [2.05, 4.69) is 22.8 Å². The SMILES string of the molecule is Cl.Clc1ccc(CN[C@@H]2CCNC2)cc1. The summed E-state index contributed by atoms with van der Waals surface area (Å²) in [5, 5.41) is 7.65. The first kappa shape index (κ1) is 12.8. The summed E-state index contributed by atoms with van der Waals surface area (Å²) < 4.78 is 0. The van der Waals surface area contributed by atoms with E-state index in [1.165, 1.54) is 12.0 Å². The molecule has 0 amide bonds. The van der Waals surface area contributed by atoms with Gasteiger partial charge in [-0.3, -0.25) is 0 Å². The number of hydrogen-bond donors (Lipinski definition) is 2. The standard InChI is InChI=1S/C11H15ClN2.ClH/c12-10-3-1-9(2-4-10)7-14-11-5-6-13-8-11;/h1-4,11,13-14H,5-8H2;1H/t11-;/m1./s1. The molecule has 1 aromatic rings. The second-order valence-corrected chi connectivity index (χ2v) is 4.13. The third kappa shape index (κ3) is 3.99. The Kier molecular flexibility index (Phi) is 5.40. The third-order valence-corrected chi connectivity index (χ3v) is 2.82. The number of hydrogen-bond acceptors (Lipinski definition) is 2. The van der Waals surface area contributed by atoms with Gasteiger partial charge in [0.1, 0.15) is 0 Å². The first-order valence-electron chi connectivity index (χ1n) is 5.03. The molecule has 1 heterocycles. The molecule has 0 unspecified atom stereocenters. The lowest BCUT2D eigenvalue weighted by molar-refractivity contribution is 0.547. The van der Waals surface area contributed by atoms with Crippen molar-refractivity contribution in [1.82, 2.24) is 10.6 Å². The summed E-state index contributed by atoms with van der Waals surface area (Å²) in [5.41, 5.74) is 1.29. The van der Waals surface area contributed by atoms with Crippen LogP contribution in [0.2, 0.25) is 5.02 Å². The fraction of sp³-hybridized carbons (Fsp3) is 0.455. The molecule has 0 aliphatic carbocycles. The van der Waals surface area contributed by atoms with E-state index in [9.17, 15) is 0 Å². The Balaban J connectivity index is 0.00000112. The Morgan fingerprint density at radius 3 is 2.67 bits per heavy atom. The van der Waals surface area contributed by atoms with Gasteiger partial charge in [0, 0.05) is 24.2 Å². The quantitative estimate of drug-likeness (QED) is 0.855. The van der Waals surface area contributed by atoms with Crippen LogP contribution in [-0.2, 0) is 6.54 Å². The molecule has 0 spiro atoms. The summed E-state index contributed by atoms with van der Waals surface area (Å²) in [6, 6.07) is 8.64. The Bertz CT molecular complexity index is 281. The smallest absolute Gasteiger partial charge is 0.0406 e. The fourth-order valence-corrected chi connectivity index (χ4v) is 1.82. The Morgan fingerprint density at radius 2 is 2.07 bits per heavy atom. The number of halogens is 2. The van der Waals surface area contributed by atoms with Crippen LogP contribution in [0.1, 0.15) is 12.0 Å². The van der Waals surface area contributed by atoms with E-state index in [-0.39, 0.29) is 12.4 Å². The average Bonchev–Trinajstić information content (AvgIpc) is 2.70. The van der Waals surface area contributed by atoms with Crippen molar-refractivity contribution in [2.24, 2.45) is 0 Å². The van der Waals surface area contributed by atoms with Crippen molar-refractivity contribution in [1.29, 1.82) is 0 Å². The van der Waals surface area contributed by atoms with Gasteiger partial charge in [-0.15, -0.1) is 12.4 Å². The summed E-state index contributed by atoms with van der Waals surface area (Å²) in [6.45, 7) is 3.16. The molecule has 0 bridgehead atoms. The summed E-state index contributed by atoms with van der Waals surface area (Å²) in [5.74, 6) is 0. The van der Waals surface area contributed by atoms with Crippen molar-refractivity contribution in [3.8, 4) is 0 Å². The molecular formula is C11H16Cl2N2. The lowest BCUT2D eigenvalue weighted by atomic mass is 10.2. The fourth-order valence-electron chi connectivity index (χ4n) is 1.69. The van der Waals surface area contributed by atoms with Crippen LogP contribution in [0.15, 0.2) is 24.3 Å². The van der Waals surface area contributed by atoms with E-state index in [1.54, 1.807) is 0 Å². The minimum Gasteiger partial charge on any atom is -0.315 e. The second kappa shape index (κ2) is 6.33. The summed E-state index contributed by atoms with van der Waals surface area (Å²) in [4.78, 5) is 0. The molecule has 2 N–H and O–H groups in total. The van der Waals surface area contributed by atoms with Crippen LogP contribution in [0.3, 0.4) is 0 Å². The van der Waals surface area contributed by atoms with Gasteiger partial charge in [-0.05, 0) is 30.7 Å². The van der Waals surface area contributed by atoms with E-state index < -0.39 is 0 Å². The normalized spacial score (nSPS) is 19.9. The Hall–Kier alpha value is -0.280. The molecule has 1 saturated heterocycles. The molecule has 2 nitrogen and oxygen atoms in total. The van der Waals surface area contributed by atoms with E-state index in [1.807, 2.05) is 12.1 Å². The molecular weight excluding hydrogens is 231 g/mol. The topological polar surface area (TPSA) is 24.1 Å². The zero-order chi connectivity index (χ0) is 9.80. The molecule has 4 heteroatoms. The summed E-state index contributed by atoms with van der Waals surface area (Å²) >= 11 is 5.81. The van der Waals surface area contributed by atoms with Gasteiger partial charge >= 0.3 is 0 Å². The molecule has 1 aliphatic heterocycles. The highest BCUT2D eigenvalue weighted by molar-refractivity contribution is 6.30. The number of nitrogens with one attached hydrogen (secondary N) is 2. The largest absolute Gasteiger partial charge is 0.315 e. The van der Waals surface area contributed by atoms with Crippen molar-refractivity contribution in [3.63, 3.8) is 0 Å². The van der Waals surface area contributed by atoms with Gasteiger partial charge in [-0.2, -0.15) is 0 Å². The predicted octanol–water partition coefficient (Wildman–Crippen LogP) is 2.21. The molecule has 2 rings (SSSR count). The third-order valence-electron chi connectivity index (χ3n) is 2.57. The first-order valence-corrected chi connectivity index (χ1v) is 5.41. The first-order chi connectivity index (χ1) is 6.84. The summed E-state index contributed by atoms with van der Waals surface area (Å²) in [6.07, 6.45) is 1.23. The summed E-state index contributed by atoms with van der Waals surface area (Å²) in [7, 11) is 0. The van der Waals surface area contributed by atoms with Crippen LogP contribution in [0.25, 0.3) is 0 Å². The van der Waals surface area contributed by atoms with Crippen molar-refractivity contribution in [3.05, 3.63) is 34.9 Å². The average molecular weight is 247 g/mol. The molecule has 1 aliphatic rings. The molecule has 84 valence electrons. The zero-order valence-corrected chi connectivity index (χ0v) is 10.1. The second-order valence-electron chi connectivity index (χ2n) is 3.70. The van der Waals surface area contributed by atoms with Crippen molar-refractivity contribution >= 4 is 24.0 Å². The van der Waals surface area contributed by atoms with Gasteiger partial charge in [-0.25, -0.2) is 0 Å². The van der Waals surface area contributed by atoms with E-state index in [0.717, 1.165) is 24.7 Å². The van der Waals surface area contributed by atoms with Crippen molar-refractivity contribution in [2.45, 2.75) is 19.0 Å². The monoisotopic (exact) mass is 246 g/mol. The number of rotatable bonds is 3. The van der Waals surface area contributed by atoms with Crippen molar-refractivity contribution in [2.75, 3.05) is 13.1 Å². The van der Waals surface area contributed by atoms with Gasteiger partial charge in [0.15, 0.2) is 0 Å². The highest BCUT2D eigenvalue weighted by atomic mass is 35.5. The van der Waals surface area contributed by atoms with Crippen LogP contribution in [0.4, 0.5) is 0 Å². The maximum atomic E-state index is 5.81. The van der Waals surface area contributed by atoms with Crippen LogP contribution in [-0.4, -0.2) is 19.1 Å². The van der Waals surface area contributed by atoms with Gasteiger partial charge < -0.3 is 10.6 Å². The van der Waals surface area contributed by atoms with Gasteiger partial charge in [0.05, 0.1) is 0 Å².